The third kappa shape index (κ3) is 3.40. The van der Waals surface area contributed by atoms with E-state index in [9.17, 15) is 4.79 Å². The highest BCUT2D eigenvalue weighted by Crippen LogP contribution is 2.25. The molecule has 1 aromatic rings. The molecule has 5 nitrogen and oxygen atoms in total. The van der Waals surface area contributed by atoms with Crippen molar-refractivity contribution in [1.29, 1.82) is 0 Å². The first-order chi connectivity index (χ1) is 9.61. The van der Waals surface area contributed by atoms with E-state index >= 15 is 0 Å². The average molecular weight is 277 g/mol. The van der Waals surface area contributed by atoms with E-state index in [0.29, 0.717) is 23.7 Å². The van der Waals surface area contributed by atoms with Crippen LogP contribution in [0.5, 0.6) is 0 Å². The standard InChI is InChI=1S/C15H23N3O2/c1-3-20-15(19)13-9-12(16)10-17-14(13)18-7-4-5-11(2)6-8-18/h9-11H,3-8,16H2,1-2H3. The fourth-order valence-corrected chi connectivity index (χ4v) is 2.56. The second kappa shape index (κ2) is 6.59. The van der Waals surface area contributed by atoms with E-state index in [1.54, 1.807) is 19.2 Å². The van der Waals surface area contributed by atoms with Gasteiger partial charge in [-0.3, -0.25) is 0 Å². The van der Waals surface area contributed by atoms with Gasteiger partial charge < -0.3 is 15.4 Å². The van der Waals surface area contributed by atoms with Crippen molar-refractivity contribution in [1.82, 2.24) is 4.98 Å². The molecule has 1 atom stereocenters. The number of nitrogens with zero attached hydrogens (tertiary/aromatic N) is 2. The minimum absolute atomic E-state index is 0.348. The number of nitrogens with two attached hydrogens (primary N) is 1. The number of esters is 1. The molecular weight excluding hydrogens is 254 g/mol. The maximum atomic E-state index is 12.1. The lowest BCUT2D eigenvalue weighted by Gasteiger charge is -2.23. The Morgan fingerprint density at radius 3 is 3.05 bits per heavy atom. The summed E-state index contributed by atoms with van der Waals surface area (Å²) in [5.74, 6) is 1.08. The third-order valence-corrected chi connectivity index (χ3v) is 3.70. The first-order valence-corrected chi connectivity index (χ1v) is 7.29. The van der Waals surface area contributed by atoms with Gasteiger partial charge in [0, 0.05) is 13.1 Å². The van der Waals surface area contributed by atoms with Gasteiger partial charge in [0.25, 0.3) is 0 Å². The minimum atomic E-state index is -0.348. The number of anilines is 2. The monoisotopic (exact) mass is 277 g/mol. The lowest BCUT2D eigenvalue weighted by atomic mass is 10.0. The smallest absolute Gasteiger partial charge is 0.341 e. The molecule has 1 aliphatic rings. The Morgan fingerprint density at radius 2 is 2.30 bits per heavy atom. The number of ether oxygens (including phenoxy) is 1. The van der Waals surface area contributed by atoms with Crippen molar-refractivity contribution in [3.8, 4) is 0 Å². The highest BCUT2D eigenvalue weighted by molar-refractivity contribution is 5.95. The van der Waals surface area contributed by atoms with Crippen LogP contribution in [0.3, 0.4) is 0 Å². The molecule has 110 valence electrons. The highest BCUT2D eigenvalue weighted by atomic mass is 16.5. The van der Waals surface area contributed by atoms with E-state index in [4.69, 9.17) is 10.5 Å². The molecule has 0 aromatic carbocycles. The topological polar surface area (TPSA) is 68.5 Å². The van der Waals surface area contributed by atoms with Gasteiger partial charge in [-0.15, -0.1) is 0 Å². The molecule has 0 radical (unpaired) electrons. The second-order valence-corrected chi connectivity index (χ2v) is 5.38. The summed E-state index contributed by atoms with van der Waals surface area (Å²) in [6.07, 6.45) is 5.07. The highest BCUT2D eigenvalue weighted by Gasteiger charge is 2.22. The summed E-state index contributed by atoms with van der Waals surface area (Å²) in [6.45, 7) is 6.26. The van der Waals surface area contributed by atoms with Gasteiger partial charge in [0.15, 0.2) is 0 Å². The van der Waals surface area contributed by atoms with Crippen LogP contribution >= 0.6 is 0 Å². The lowest BCUT2D eigenvalue weighted by Crippen LogP contribution is -2.27. The van der Waals surface area contributed by atoms with E-state index in [1.165, 1.54) is 6.42 Å². The summed E-state index contributed by atoms with van der Waals surface area (Å²) in [5.41, 5.74) is 6.71. The summed E-state index contributed by atoms with van der Waals surface area (Å²) in [6, 6.07) is 1.66. The molecule has 5 heteroatoms. The number of carbonyl (C=O) groups excluding carboxylic acids is 1. The number of pyridine rings is 1. The molecular formula is C15H23N3O2. The number of rotatable bonds is 3. The van der Waals surface area contributed by atoms with Crippen LogP contribution in [0, 0.1) is 5.92 Å². The molecule has 1 fully saturated rings. The summed E-state index contributed by atoms with van der Waals surface area (Å²) < 4.78 is 5.11. The Kier molecular flexibility index (Phi) is 4.82. The van der Waals surface area contributed by atoms with Gasteiger partial charge in [0.05, 0.1) is 18.5 Å². The molecule has 1 saturated heterocycles. The number of hydrogen-bond acceptors (Lipinski definition) is 5. The summed E-state index contributed by atoms with van der Waals surface area (Å²) in [7, 11) is 0. The number of carbonyl (C=O) groups is 1. The van der Waals surface area contributed by atoms with Gasteiger partial charge in [-0.2, -0.15) is 0 Å². The first-order valence-electron chi connectivity index (χ1n) is 7.29. The quantitative estimate of drug-likeness (QED) is 0.860. The summed E-state index contributed by atoms with van der Waals surface area (Å²) >= 11 is 0. The molecule has 2 N–H and O–H groups in total. The van der Waals surface area contributed by atoms with Crippen molar-refractivity contribution in [3.63, 3.8) is 0 Å². The first kappa shape index (κ1) is 14.6. The van der Waals surface area contributed by atoms with E-state index in [1.807, 2.05) is 0 Å². The fraction of sp³-hybridized carbons (Fsp3) is 0.600. The SMILES string of the molecule is CCOC(=O)c1cc(N)cnc1N1CCCC(C)CC1. The van der Waals surface area contributed by atoms with Crippen molar-refractivity contribution in [2.45, 2.75) is 33.1 Å². The van der Waals surface area contributed by atoms with E-state index in [0.717, 1.165) is 31.8 Å². The number of nitrogen functional groups attached to an aromatic ring is 1. The van der Waals surface area contributed by atoms with Gasteiger partial charge in [-0.25, -0.2) is 9.78 Å². The maximum absolute atomic E-state index is 12.1. The molecule has 0 bridgehead atoms. The fourth-order valence-electron chi connectivity index (χ4n) is 2.56. The zero-order valence-corrected chi connectivity index (χ0v) is 12.3. The Balaban J connectivity index is 2.27. The molecule has 0 amide bonds. The Bertz CT molecular complexity index is 476. The van der Waals surface area contributed by atoms with Crippen molar-refractivity contribution in [3.05, 3.63) is 17.8 Å². The van der Waals surface area contributed by atoms with Crippen molar-refractivity contribution in [2.24, 2.45) is 5.92 Å². The van der Waals surface area contributed by atoms with Crippen LogP contribution in [0.25, 0.3) is 0 Å². The number of aromatic nitrogens is 1. The zero-order chi connectivity index (χ0) is 14.5. The lowest BCUT2D eigenvalue weighted by molar-refractivity contribution is 0.0526. The van der Waals surface area contributed by atoms with Gasteiger partial charge in [0.2, 0.25) is 0 Å². The van der Waals surface area contributed by atoms with Gasteiger partial charge >= 0.3 is 5.97 Å². The summed E-state index contributed by atoms with van der Waals surface area (Å²) in [4.78, 5) is 18.6. The summed E-state index contributed by atoms with van der Waals surface area (Å²) in [5, 5.41) is 0. The van der Waals surface area contributed by atoms with Crippen molar-refractivity contribution < 1.29 is 9.53 Å². The van der Waals surface area contributed by atoms with Crippen molar-refractivity contribution in [2.75, 3.05) is 30.3 Å². The Labute approximate surface area is 120 Å². The zero-order valence-electron chi connectivity index (χ0n) is 12.3. The molecule has 20 heavy (non-hydrogen) atoms. The van der Waals surface area contributed by atoms with E-state index in [-0.39, 0.29) is 5.97 Å². The van der Waals surface area contributed by atoms with Crippen LogP contribution in [-0.4, -0.2) is 30.6 Å². The maximum Gasteiger partial charge on any atom is 0.341 e. The van der Waals surface area contributed by atoms with Gasteiger partial charge in [-0.05, 0) is 38.2 Å². The van der Waals surface area contributed by atoms with Gasteiger partial charge in [0.1, 0.15) is 11.4 Å². The van der Waals surface area contributed by atoms with Crippen molar-refractivity contribution >= 4 is 17.5 Å². The second-order valence-electron chi connectivity index (χ2n) is 5.38. The number of hydrogen-bond donors (Lipinski definition) is 1. The van der Waals surface area contributed by atoms with E-state index < -0.39 is 0 Å². The van der Waals surface area contributed by atoms with Crippen LogP contribution in [-0.2, 0) is 4.74 Å². The van der Waals surface area contributed by atoms with Crippen LogP contribution in [0.15, 0.2) is 12.3 Å². The molecule has 0 saturated carbocycles. The Hall–Kier alpha value is -1.78. The van der Waals surface area contributed by atoms with Crippen LogP contribution in [0.4, 0.5) is 11.5 Å². The third-order valence-electron chi connectivity index (χ3n) is 3.70. The molecule has 0 spiro atoms. The van der Waals surface area contributed by atoms with Crippen LogP contribution in [0.1, 0.15) is 43.5 Å². The largest absolute Gasteiger partial charge is 0.462 e. The average Bonchev–Trinajstić information content (AvgIpc) is 2.64. The molecule has 0 aliphatic carbocycles. The molecule has 1 aromatic heterocycles. The predicted molar refractivity (Wildman–Crippen MR) is 79.8 cm³/mol. The Morgan fingerprint density at radius 1 is 1.50 bits per heavy atom. The van der Waals surface area contributed by atoms with E-state index in [2.05, 4.69) is 16.8 Å². The molecule has 2 rings (SSSR count). The molecule has 2 heterocycles. The predicted octanol–water partition coefficient (Wildman–Crippen LogP) is 2.47. The van der Waals surface area contributed by atoms with Crippen LogP contribution < -0.4 is 10.6 Å². The van der Waals surface area contributed by atoms with Crippen LogP contribution in [0.2, 0.25) is 0 Å². The van der Waals surface area contributed by atoms with Gasteiger partial charge in [-0.1, -0.05) is 6.92 Å². The normalized spacial score (nSPS) is 19.5. The minimum Gasteiger partial charge on any atom is -0.462 e. The molecule has 1 unspecified atom stereocenters. The molecule has 1 aliphatic heterocycles.